The lowest BCUT2D eigenvalue weighted by Crippen LogP contribution is -2.06. The average molecular weight is 440 g/mol. The molecular weight excluding hydrogens is 418 g/mol. The molecule has 3 aromatic rings. The predicted octanol–water partition coefficient (Wildman–Crippen LogP) is 5.74. The summed E-state index contributed by atoms with van der Waals surface area (Å²) in [5.74, 6) is 2.21. The van der Waals surface area contributed by atoms with Crippen LogP contribution in [-0.2, 0) is 0 Å². The van der Waals surface area contributed by atoms with Crippen LogP contribution in [0.15, 0.2) is 34.8 Å². The number of fused-ring (bicyclic) bond motifs is 1. The van der Waals surface area contributed by atoms with Crippen molar-refractivity contribution in [3.05, 3.63) is 51.8 Å². The first-order valence-electron chi connectivity index (χ1n) is 9.00. The lowest BCUT2D eigenvalue weighted by Gasteiger charge is -2.15. The van der Waals surface area contributed by atoms with E-state index in [-0.39, 0.29) is 0 Å². The fraction of sp³-hybridized carbons (Fsp3) is 0.273. The molecule has 1 aromatic heterocycles. The third kappa shape index (κ3) is 4.37. The zero-order valence-corrected chi connectivity index (χ0v) is 17.9. The van der Waals surface area contributed by atoms with Crippen molar-refractivity contribution >= 4 is 38.6 Å². The first-order chi connectivity index (χ1) is 13.4. The van der Waals surface area contributed by atoms with E-state index >= 15 is 0 Å². The second-order valence-electron chi connectivity index (χ2n) is 7.01. The molecule has 0 unspecified atom stereocenters. The highest BCUT2D eigenvalue weighted by molar-refractivity contribution is 9.10. The fourth-order valence-electron chi connectivity index (χ4n) is 2.78. The van der Waals surface area contributed by atoms with Crippen molar-refractivity contribution in [2.24, 2.45) is 5.92 Å². The number of rotatable bonds is 6. The zero-order chi connectivity index (χ0) is 20.3. The number of methoxy groups -OCH3 is 1. The Morgan fingerprint density at radius 1 is 1.32 bits per heavy atom. The quantitative estimate of drug-likeness (QED) is 0.496. The van der Waals surface area contributed by atoms with E-state index in [2.05, 4.69) is 45.8 Å². The maximum absolute atomic E-state index is 9.67. The highest BCUT2D eigenvalue weighted by Crippen LogP contribution is 2.38. The van der Waals surface area contributed by atoms with Crippen LogP contribution in [0.3, 0.4) is 0 Å². The molecule has 0 aliphatic heterocycles. The number of nitrogens with one attached hydrogen (secondary N) is 1. The Bertz CT molecular complexity index is 1080. The Kier molecular flexibility index (Phi) is 6.05. The molecule has 1 N–H and O–H groups in total. The molecule has 0 bridgehead atoms. The molecule has 144 valence electrons. The fourth-order valence-corrected chi connectivity index (χ4v) is 3.36. The molecule has 6 heteroatoms. The molecule has 0 spiro atoms. The summed E-state index contributed by atoms with van der Waals surface area (Å²) in [7, 11) is 1.60. The van der Waals surface area contributed by atoms with E-state index in [9.17, 15) is 5.26 Å². The molecule has 0 saturated heterocycles. The van der Waals surface area contributed by atoms with Crippen molar-refractivity contribution in [3.63, 3.8) is 0 Å². The second kappa shape index (κ2) is 8.49. The number of allylic oxidation sites excluding steroid dienone is 1. The van der Waals surface area contributed by atoms with Gasteiger partial charge in [0.2, 0.25) is 0 Å². The van der Waals surface area contributed by atoms with Crippen molar-refractivity contribution in [3.8, 4) is 17.6 Å². The lowest BCUT2D eigenvalue weighted by molar-refractivity contribution is 0.255. The molecule has 0 aliphatic rings. The van der Waals surface area contributed by atoms with Crippen LogP contribution in [0.4, 0.5) is 0 Å². The lowest BCUT2D eigenvalue weighted by atomic mass is 10.1. The Hall–Kier alpha value is -2.78. The van der Waals surface area contributed by atoms with Gasteiger partial charge in [-0.25, -0.2) is 4.98 Å². The van der Waals surface area contributed by atoms with Gasteiger partial charge in [0.15, 0.2) is 11.5 Å². The van der Waals surface area contributed by atoms with E-state index < -0.39 is 0 Å². The van der Waals surface area contributed by atoms with E-state index in [4.69, 9.17) is 9.47 Å². The highest BCUT2D eigenvalue weighted by Gasteiger charge is 2.14. The number of H-pyrrole nitrogens is 1. The van der Waals surface area contributed by atoms with Gasteiger partial charge in [0, 0.05) is 0 Å². The number of ether oxygens (including phenoxy) is 2. The summed E-state index contributed by atoms with van der Waals surface area (Å²) in [5.41, 5.74) is 4.13. The first-order valence-corrected chi connectivity index (χ1v) is 9.79. The van der Waals surface area contributed by atoms with Crippen molar-refractivity contribution in [1.82, 2.24) is 9.97 Å². The maximum atomic E-state index is 9.67. The molecule has 1 heterocycles. The third-order valence-corrected chi connectivity index (χ3v) is 4.73. The predicted molar refractivity (Wildman–Crippen MR) is 115 cm³/mol. The van der Waals surface area contributed by atoms with Crippen LogP contribution in [-0.4, -0.2) is 23.7 Å². The summed E-state index contributed by atoms with van der Waals surface area (Å²) in [6.07, 6.45) is 1.78. The van der Waals surface area contributed by atoms with Crippen molar-refractivity contribution in [2.45, 2.75) is 20.8 Å². The second-order valence-corrected chi connectivity index (χ2v) is 7.87. The summed E-state index contributed by atoms with van der Waals surface area (Å²) in [6.45, 7) is 6.79. The molecule has 0 amide bonds. The van der Waals surface area contributed by atoms with Gasteiger partial charge in [0.25, 0.3) is 0 Å². The van der Waals surface area contributed by atoms with Gasteiger partial charge in [-0.3, -0.25) is 0 Å². The van der Waals surface area contributed by atoms with Crippen LogP contribution < -0.4 is 9.47 Å². The molecule has 0 radical (unpaired) electrons. The third-order valence-electron chi connectivity index (χ3n) is 4.14. The van der Waals surface area contributed by atoms with Gasteiger partial charge in [-0.2, -0.15) is 5.26 Å². The number of imidazole rings is 1. The Labute approximate surface area is 173 Å². The summed E-state index contributed by atoms with van der Waals surface area (Å²) in [5, 5.41) is 9.67. The number of nitrogens with zero attached hydrogens (tertiary/aromatic N) is 2. The van der Waals surface area contributed by atoms with Gasteiger partial charge in [0.1, 0.15) is 11.9 Å². The van der Waals surface area contributed by atoms with Crippen molar-refractivity contribution in [1.29, 1.82) is 5.26 Å². The summed E-state index contributed by atoms with van der Waals surface area (Å²) < 4.78 is 12.1. The van der Waals surface area contributed by atoms with Crippen LogP contribution in [0.2, 0.25) is 0 Å². The van der Waals surface area contributed by atoms with E-state index in [1.54, 1.807) is 13.2 Å². The molecule has 2 aromatic carbocycles. The standard InChI is InChI=1S/C22H22BrN3O2/c1-13(2)12-28-21-17(23)9-15(10-20(21)27-4)8-16(11-24)22-25-18-6-5-14(3)7-19(18)26-22/h5-10,13H,12H2,1-4H3,(H,25,26). The average Bonchev–Trinajstić information content (AvgIpc) is 3.07. The van der Waals surface area contributed by atoms with Gasteiger partial charge in [-0.1, -0.05) is 19.9 Å². The number of aryl methyl sites for hydroxylation is 1. The molecule has 5 nitrogen and oxygen atoms in total. The minimum atomic E-state index is 0.401. The van der Waals surface area contributed by atoms with Gasteiger partial charge in [-0.05, 0) is 70.2 Å². The summed E-state index contributed by atoms with van der Waals surface area (Å²) >= 11 is 3.55. The number of hydrogen-bond acceptors (Lipinski definition) is 4. The largest absolute Gasteiger partial charge is 0.493 e. The molecule has 0 aliphatic carbocycles. The van der Waals surface area contributed by atoms with Gasteiger partial charge >= 0.3 is 0 Å². The summed E-state index contributed by atoms with van der Waals surface area (Å²) in [4.78, 5) is 7.76. The minimum Gasteiger partial charge on any atom is -0.493 e. The van der Waals surface area contributed by atoms with Crippen LogP contribution >= 0.6 is 15.9 Å². The molecule has 28 heavy (non-hydrogen) atoms. The van der Waals surface area contributed by atoms with E-state index in [1.165, 1.54) is 0 Å². The summed E-state index contributed by atoms with van der Waals surface area (Å²) in [6, 6.07) is 12.0. The maximum Gasteiger partial charge on any atom is 0.175 e. The van der Waals surface area contributed by atoms with Crippen LogP contribution in [0.1, 0.15) is 30.8 Å². The number of nitriles is 1. The molecule has 0 atom stereocenters. The molecule has 0 saturated carbocycles. The van der Waals surface area contributed by atoms with Crippen LogP contribution in [0, 0.1) is 24.2 Å². The monoisotopic (exact) mass is 439 g/mol. The van der Waals surface area contributed by atoms with E-state index in [0.29, 0.717) is 35.4 Å². The SMILES string of the molecule is COc1cc(C=C(C#N)c2nc3ccc(C)cc3[nH]2)cc(Br)c1OCC(C)C. The highest BCUT2D eigenvalue weighted by atomic mass is 79.9. The van der Waals surface area contributed by atoms with E-state index in [0.717, 1.165) is 26.6 Å². The first kappa shape index (κ1) is 20.0. The Balaban J connectivity index is 1.99. The number of aromatic nitrogens is 2. The van der Waals surface area contributed by atoms with Gasteiger partial charge in [0.05, 0.1) is 34.8 Å². The van der Waals surface area contributed by atoms with Gasteiger partial charge in [-0.15, -0.1) is 0 Å². The Morgan fingerprint density at radius 2 is 2.11 bits per heavy atom. The van der Waals surface area contributed by atoms with Crippen molar-refractivity contribution in [2.75, 3.05) is 13.7 Å². The minimum absolute atomic E-state index is 0.401. The number of benzene rings is 2. The van der Waals surface area contributed by atoms with Crippen molar-refractivity contribution < 1.29 is 9.47 Å². The van der Waals surface area contributed by atoms with E-state index in [1.807, 2.05) is 37.3 Å². The molecule has 0 fully saturated rings. The van der Waals surface area contributed by atoms with Crippen LogP contribution in [0.5, 0.6) is 11.5 Å². The topological polar surface area (TPSA) is 70.9 Å². The molecule has 3 rings (SSSR count). The molecular formula is C22H22BrN3O2. The normalized spacial score (nSPS) is 11.7. The number of hydrogen-bond donors (Lipinski definition) is 1. The number of aromatic amines is 1. The van der Waals surface area contributed by atoms with Crippen LogP contribution in [0.25, 0.3) is 22.7 Å². The van der Waals surface area contributed by atoms with Gasteiger partial charge < -0.3 is 14.5 Å². The smallest absolute Gasteiger partial charge is 0.175 e. The Morgan fingerprint density at radius 3 is 2.79 bits per heavy atom. The number of halogens is 1. The zero-order valence-electron chi connectivity index (χ0n) is 16.3.